The summed E-state index contributed by atoms with van der Waals surface area (Å²) in [5.74, 6) is 2.78. The molecule has 0 radical (unpaired) electrons. The summed E-state index contributed by atoms with van der Waals surface area (Å²) in [6, 6.07) is 14.6. The summed E-state index contributed by atoms with van der Waals surface area (Å²) in [5, 5.41) is 12.1. The Bertz CT molecular complexity index is 948. The van der Waals surface area contributed by atoms with Gasteiger partial charge in [-0.05, 0) is 96.4 Å². The zero-order chi connectivity index (χ0) is 20.2. The van der Waals surface area contributed by atoms with E-state index in [2.05, 4.69) is 31.2 Å². The van der Waals surface area contributed by atoms with Gasteiger partial charge < -0.3 is 9.84 Å². The molecule has 0 saturated heterocycles. The fraction of sp³-hybridized carbons (Fsp3) is 0.462. The summed E-state index contributed by atoms with van der Waals surface area (Å²) in [6.07, 6.45) is 7.44. The minimum Gasteiger partial charge on any atom is -0.497 e. The summed E-state index contributed by atoms with van der Waals surface area (Å²) in [4.78, 5) is 0. The molecule has 5 rings (SSSR count). The summed E-state index contributed by atoms with van der Waals surface area (Å²) in [5.41, 5.74) is 5.30. The average Bonchev–Trinajstić information content (AvgIpc) is 2.99. The highest BCUT2D eigenvalue weighted by Gasteiger charge is 2.56. The van der Waals surface area contributed by atoms with Crippen LogP contribution in [-0.2, 0) is 6.42 Å². The first-order valence-electron chi connectivity index (χ1n) is 10.8. The molecule has 0 amide bonds. The molecule has 0 bridgehead atoms. The topological polar surface area (TPSA) is 29.5 Å². The normalized spacial score (nSPS) is 34.4. The third-order valence-electron chi connectivity index (χ3n) is 8.02. The highest BCUT2D eigenvalue weighted by molar-refractivity contribution is 6.30. The summed E-state index contributed by atoms with van der Waals surface area (Å²) >= 11 is 6.04. The number of halogens is 1. The van der Waals surface area contributed by atoms with Crippen molar-refractivity contribution in [2.45, 2.75) is 51.0 Å². The molecule has 152 valence electrons. The molecule has 1 N–H and O–H groups in total. The van der Waals surface area contributed by atoms with Crippen LogP contribution in [0.5, 0.6) is 5.75 Å². The molecule has 0 heterocycles. The van der Waals surface area contributed by atoms with Crippen molar-refractivity contribution in [3.63, 3.8) is 0 Å². The molecule has 0 spiro atoms. The predicted octanol–water partition coefficient (Wildman–Crippen LogP) is 6.26. The van der Waals surface area contributed by atoms with Crippen LogP contribution in [0, 0.1) is 17.3 Å². The van der Waals surface area contributed by atoms with Gasteiger partial charge in [0.15, 0.2) is 0 Å². The van der Waals surface area contributed by atoms with E-state index in [9.17, 15) is 5.11 Å². The molecule has 0 aromatic heterocycles. The molecule has 2 aromatic carbocycles. The van der Waals surface area contributed by atoms with E-state index in [0.29, 0.717) is 17.8 Å². The molecule has 0 unspecified atom stereocenters. The van der Waals surface area contributed by atoms with Crippen molar-refractivity contribution in [3.8, 4) is 5.75 Å². The number of fused-ring (bicyclic) bond motifs is 5. The monoisotopic (exact) mass is 408 g/mol. The van der Waals surface area contributed by atoms with Crippen LogP contribution in [0.3, 0.4) is 0 Å². The lowest BCUT2D eigenvalue weighted by atomic mass is 9.55. The second-order valence-electron chi connectivity index (χ2n) is 9.40. The van der Waals surface area contributed by atoms with Gasteiger partial charge in [-0.1, -0.05) is 42.8 Å². The molecular formula is C26H29ClO2. The van der Waals surface area contributed by atoms with Gasteiger partial charge in [-0.15, -0.1) is 0 Å². The SMILES string of the molecule is COc1ccc2c(c1)CC[C@H]1[C@@H]2CC[C@@]2(C)[C@@H](O)/C(=C/c3ccc(Cl)cc3)C[C@@H]12. The van der Waals surface area contributed by atoms with Gasteiger partial charge >= 0.3 is 0 Å². The fourth-order valence-corrected chi connectivity index (χ4v) is 6.58. The van der Waals surface area contributed by atoms with E-state index >= 15 is 0 Å². The smallest absolute Gasteiger partial charge is 0.119 e. The quantitative estimate of drug-likeness (QED) is 0.635. The fourth-order valence-electron chi connectivity index (χ4n) is 6.46. The Morgan fingerprint density at radius 3 is 2.69 bits per heavy atom. The maximum absolute atomic E-state index is 11.3. The van der Waals surface area contributed by atoms with Crippen LogP contribution in [-0.4, -0.2) is 18.3 Å². The number of hydrogen-bond donors (Lipinski definition) is 1. The highest BCUT2D eigenvalue weighted by atomic mass is 35.5. The Hall–Kier alpha value is -1.77. The Balaban J connectivity index is 1.46. The standard InChI is InChI=1S/C26H29ClO2/c1-26-12-11-22-21-10-8-20(29-2)14-17(21)5-9-23(22)24(26)15-18(25(26)28)13-16-3-6-19(27)7-4-16/h3-4,6-8,10,13-14,22-25,28H,5,9,11-12,15H2,1-2H3/b18-13+/t22-,23+,24+,25+,26-/m1/s1. The molecule has 2 saturated carbocycles. The number of methoxy groups -OCH3 is 1. The Kier molecular flexibility index (Phi) is 4.75. The van der Waals surface area contributed by atoms with E-state index in [1.807, 2.05) is 24.3 Å². The Morgan fingerprint density at radius 1 is 1.14 bits per heavy atom. The molecular weight excluding hydrogens is 380 g/mol. The first-order valence-corrected chi connectivity index (χ1v) is 11.2. The number of rotatable bonds is 2. The first kappa shape index (κ1) is 19.2. The van der Waals surface area contributed by atoms with E-state index in [-0.39, 0.29) is 11.5 Å². The van der Waals surface area contributed by atoms with Crippen LogP contribution >= 0.6 is 11.6 Å². The van der Waals surface area contributed by atoms with Crippen LogP contribution in [0.25, 0.3) is 6.08 Å². The Morgan fingerprint density at radius 2 is 1.93 bits per heavy atom. The van der Waals surface area contributed by atoms with Crippen molar-refractivity contribution in [2.75, 3.05) is 7.11 Å². The maximum atomic E-state index is 11.3. The third-order valence-corrected chi connectivity index (χ3v) is 8.28. The highest BCUT2D eigenvalue weighted by Crippen LogP contribution is 2.62. The number of ether oxygens (including phenoxy) is 1. The minimum atomic E-state index is -0.346. The van der Waals surface area contributed by atoms with E-state index in [4.69, 9.17) is 16.3 Å². The molecule has 3 heteroatoms. The number of aliphatic hydroxyl groups is 1. The van der Waals surface area contributed by atoms with Gasteiger partial charge in [0, 0.05) is 10.4 Å². The number of benzene rings is 2. The lowest BCUT2D eigenvalue weighted by molar-refractivity contribution is -0.0158. The summed E-state index contributed by atoms with van der Waals surface area (Å²) in [6.45, 7) is 2.32. The van der Waals surface area contributed by atoms with Crippen molar-refractivity contribution < 1.29 is 9.84 Å². The average molecular weight is 409 g/mol. The maximum Gasteiger partial charge on any atom is 0.119 e. The molecule has 29 heavy (non-hydrogen) atoms. The number of aliphatic hydroxyl groups excluding tert-OH is 1. The van der Waals surface area contributed by atoms with Crippen molar-refractivity contribution >= 4 is 17.7 Å². The van der Waals surface area contributed by atoms with Crippen LogP contribution in [0.1, 0.15) is 55.2 Å². The molecule has 3 aliphatic carbocycles. The van der Waals surface area contributed by atoms with Gasteiger partial charge in [0.25, 0.3) is 0 Å². The zero-order valence-corrected chi connectivity index (χ0v) is 18.0. The van der Waals surface area contributed by atoms with Gasteiger partial charge in [0.1, 0.15) is 5.75 Å². The number of aryl methyl sites for hydroxylation is 1. The van der Waals surface area contributed by atoms with Crippen LogP contribution in [0.2, 0.25) is 5.02 Å². The molecule has 2 nitrogen and oxygen atoms in total. The van der Waals surface area contributed by atoms with Crippen molar-refractivity contribution in [1.29, 1.82) is 0 Å². The third kappa shape index (κ3) is 3.12. The van der Waals surface area contributed by atoms with E-state index in [1.165, 1.54) is 29.5 Å². The Labute approximate surface area is 178 Å². The van der Waals surface area contributed by atoms with Crippen molar-refractivity contribution in [1.82, 2.24) is 0 Å². The van der Waals surface area contributed by atoms with Gasteiger partial charge in [0.2, 0.25) is 0 Å². The second-order valence-corrected chi connectivity index (χ2v) is 9.84. The van der Waals surface area contributed by atoms with Crippen molar-refractivity contribution in [3.05, 3.63) is 69.8 Å². The predicted molar refractivity (Wildman–Crippen MR) is 118 cm³/mol. The number of hydrogen-bond acceptors (Lipinski definition) is 2. The van der Waals surface area contributed by atoms with E-state index in [0.717, 1.165) is 35.6 Å². The lowest BCUT2D eigenvalue weighted by Crippen LogP contribution is -2.44. The summed E-state index contributed by atoms with van der Waals surface area (Å²) < 4.78 is 5.44. The van der Waals surface area contributed by atoms with Gasteiger partial charge in [-0.3, -0.25) is 0 Å². The molecule has 2 fully saturated rings. The minimum absolute atomic E-state index is 0.0105. The summed E-state index contributed by atoms with van der Waals surface area (Å²) in [7, 11) is 1.74. The largest absolute Gasteiger partial charge is 0.497 e. The second kappa shape index (κ2) is 7.18. The van der Waals surface area contributed by atoms with E-state index in [1.54, 1.807) is 7.11 Å². The van der Waals surface area contributed by atoms with Gasteiger partial charge in [0.05, 0.1) is 13.2 Å². The first-order chi connectivity index (χ1) is 14.0. The van der Waals surface area contributed by atoms with Crippen LogP contribution in [0.15, 0.2) is 48.0 Å². The molecule has 0 aliphatic heterocycles. The van der Waals surface area contributed by atoms with Crippen LogP contribution in [0.4, 0.5) is 0 Å². The van der Waals surface area contributed by atoms with Crippen molar-refractivity contribution in [2.24, 2.45) is 17.3 Å². The van der Waals surface area contributed by atoms with Gasteiger partial charge in [-0.25, -0.2) is 0 Å². The zero-order valence-electron chi connectivity index (χ0n) is 17.2. The molecule has 3 aliphatic rings. The van der Waals surface area contributed by atoms with Gasteiger partial charge in [-0.2, -0.15) is 0 Å². The van der Waals surface area contributed by atoms with E-state index < -0.39 is 0 Å². The molecule has 2 aromatic rings. The molecule has 5 atom stereocenters. The van der Waals surface area contributed by atoms with Crippen LogP contribution < -0.4 is 4.74 Å². The lowest BCUT2D eigenvalue weighted by Gasteiger charge is -2.49.